The van der Waals surface area contributed by atoms with Crippen LogP contribution in [0, 0.1) is 0 Å². The largest absolute Gasteiger partial charge is 0.336 e. The highest BCUT2D eigenvalue weighted by Crippen LogP contribution is 2.18. The minimum Gasteiger partial charge on any atom is -0.336 e. The van der Waals surface area contributed by atoms with Crippen molar-refractivity contribution in [2.24, 2.45) is 0 Å². The molecule has 2 heterocycles. The average Bonchev–Trinajstić information content (AvgIpc) is 3.09. The number of carbonyl (C=O) groups excluding carboxylic acids is 1. The lowest BCUT2D eigenvalue weighted by molar-refractivity contribution is 0.0698. The molecule has 1 aromatic carbocycles. The molecule has 1 saturated heterocycles. The van der Waals surface area contributed by atoms with Gasteiger partial charge in [0.05, 0.1) is 10.5 Å². The van der Waals surface area contributed by atoms with E-state index in [4.69, 9.17) is 0 Å². The first-order chi connectivity index (χ1) is 10.6. The van der Waals surface area contributed by atoms with Gasteiger partial charge < -0.3 is 4.90 Å². The maximum atomic E-state index is 12.5. The topological polar surface area (TPSA) is 57.7 Å². The van der Waals surface area contributed by atoms with Crippen LogP contribution in [0.4, 0.5) is 0 Å². The summed E-state index contributed by atoms with van der Waals surface area (Å²) in [6, 6.07) is 10.2. The Balaban J connectivity index is 1.68. The SMILES string of the molecule is O=C(c1ccsc1)N1CCN(S(=O)(=O)c2ccccc2)CC1. The molecule has 1 aliphatic heterocycles. The van der Waals surface area contributed by atoms with Gasteiger partial charge in [-0.3, -0.25) is 4.79 Å². The predicted molar refractivity (Wildman–Crippen MR) is 85.4 cm³/mol. The Hall–Kier alpha value is -1.70. The lowest BCUT2D eigenvalue weighted by Crippen LogP contribution is -2.50. The van der Waals surface area contributed by atoms with Crippen molar-refractivity contribution in [3.05, 3.63) is 52.7 Å². The number of nitrogens with zero attached hydrogens (tertiary/aromatic N) is 2. The minimum absolute atomic E-state index is 0.0296. The van der Waals surface area contributed by atoms with Crippen LogP contribution >= 0.6 is 11.3 Å². The molecule has 1 fully saturated rings. The Morgan fingerprint density at radius 2 is 1.68 bits per heavy atom. The summed E-state index contributed by atoms with van der Waals surface area (Å²) in [7, 11) is -3.47. The molecule has 0 unspecified atom stereocenters. The molecule has 1 amide bonds. The van der Waals surface area contributed by atoms with Crippen LogP contribution in [0.15, 0.2) is 52.1 Å². The van der Waals surface area contributed by atoms with Gasteiger partial charge in [0.2, 0.25) is 10.0 Å². The minimum atomic E-state index is -3.47. The van der Waals surface area contributed by atoms with Crippen molar-refractivity contribution in [2.75, 3.05) is 26.2 Å². The Labute approximate surface area is 133 Å². The number of amides is 1. The van der Waals surface area contributed by atoms with Gasteiger partial charge in [0.1, 0.15) is 0 Å². The predicted octanol–water partition coefficient (Wildman–Crippen LogP) is 1.89. The van der Waals surface area contributed by atoms with Crippen LogP contribution in [0.3, 0.4) is 0 Å². The van der Waals surface area contributed by atoms with Gasteiger partial charge in [-0.05, 0) is 23.6 Å². The fourth-order valence-electron chi connectivity index (χ4n) is 2.44. The molecule has 3 rings (SSSR count). The van der Waals surface area contributed by atoms with Crippen molar-refractivity contribution in [1.82, 2.24) is 9.21 Å². The first-order valence-corrected chi connectivity index (χ1v) is 9.34. The second-order valence-electron chi connectivity index (χ2n) is 5.02. The molecule has 116 valence electrons. The first-order valence-electron chi connectivity index (χ1n) is 6.96. The molecule has 7 heteroatoms. The van der Waals surface area contributed by atoms with Crippen LogP contribution in [0.2, 0.25) is 0 Å². The van der Waals surface area contributed by atoms with Gasteiger partial charge in [0.25, 0.3) is 5.91 Å². The summed E-state index contributed by atoms with van der Waals surface area (Å²) < 4.78 is 26.5. The van der Waals surface area contributed by atoms with Crippen molar-refractivity contribution in [3.8, 4) is 0 Å². The van der Waals surface area contributed by atoms with Gasteiger partial charge in [0.15, 0.2) is 0 Å². The third-order valence-corrected chi connectivity index (χ3v) is 6.27. The fourth-order valence-corrected chi connectivity index (χ4v) is 4.51. The molecule has 0 atom stereocenters. The quantitative estimate of drug-likeness (QED) is 0.860. The first kappa shape index (κ1) is 15.2. The van der Waals surface area contributed by atoms with Crippen molar-refractivity contribution < 1.29 is 13.2 Å². The fraction of sp³-hybridized carbons (Fsp3) is 0.267. The molecule has 2 aromatic rings. The van der Waals surface area contributed by atoms with E-state index >= 15 is 0 Å². The van der Waals surface area contributed by atoms with Gasteiger partial charge in [-0.25, -0.2) is 8.42 Å². The number of rotatable bonds is 3. The number of carbonyl (C=O) groups is 1. The lowest BCUT2D eigenvalue weighted by Gasteiger charge is -2.33. The van der Waals surface area contributed by atoms with Gasteiger partial charge >= 0.3 is 0 Å². The van der Waals surface area contributed by atoms with E-state index in [1.807, 2.05) is 10.8 Å². The molecule has 22 heavy (non-hydrogen) atoms. The van der Waals surface area contributed by atoms with Crippen molar-refractivity contribution in [3.63, 3.8) is 0 Å². The summed E-state index contributed by atoms with van der Waals surface area (Å²) in [5.41, 5.74) is 0.671. The smallest absolute Gasteiger partial charge is 0.254 e. The Bertz CT molecular complexity index is 734. The van der Waals surface area contributed by atoms with Crippen molar-refractivity contribution in [2.45, 2.75) is 4.90 Å². The molecular formula is C15H16N2O3S2. The molecule has 1 aromatic heterocycles. The summed E-state index contributed by atoms with van der Waals surface area (Å²) in [5, 5.41) is 3.68. The number of piperazine rings is 1. The molecule has 0 radical (unpaired) electrons. The van der Waals surface area contributed by atoms with E-state index in [1.165, 1.54) is 15.6 Å². The van der Waals surface area contributed by atoms with Crippen molar-refractivity contribution >= 4 is 27.3 Å². The Morgan fingerprint density at radius 1 is 1.00 bits per heavy atom. The molecule has 1 aliphatic rings. The molecule has 0 bridgehead atoms. The van der Waals surface area contributed by atoms with E-state index in [9.17, 15) is 13.2 Å². The molecule has 5 nitrogen and oxygen atoms in total. The summed E-state index contributed by atoms with van der Waals surface area (Å²) in [6.45, 7) is 1.49. The summed E-state index contributed by atoms with van der Waals surface area (Å²) in [6.07, 6.45) is 0. The van der Waals surface area contributed by atoms with E-state index in [-0.39, 0.29) is 5.91 Å². The van der Waals surface area contributed by atoms with E-state index < -0.39 is 10.0 Å². The van der Waals surface area contributed by atoms with Gasteiger partial charge in [-0.2, -0.15) is 15.6 Å². The Morgan fingerprint density at radius 3 is 2.27 bits per heavy atom. The number of sulfonamides is 1. The van der Waals surface area contributed by atoms with Crippen molar-refractivity contribution in [1.29, 1.82) is 0 Å². The van der Waals surface area contributed by atoms with Gasteiger partial charge in [-0.15, -0.1) is 0 Å². The standard InChI is InChI=1S/C15H16N2O3S2/c18-15(13-6-11-21-12-13)16-7-9-17(10-8-16)22(19,20)14-4-2-1-3-5-14/h1-6,11-12H,7-10H2. The highest BCUT2D eigenvalue weighted by atomic mass is 32.2. The van der Waals surface area contributed by atoms with Crippen LogP contribution in [0.1, 0.15) is 10.4 Å². The second kappa shape index (κ2) is 6.20. The number of hydrogen-bond donors (Lipinski definition) is 0. The maximum Gasteiger partial charge on any atom is 0.254 e. The van der Waals surface area contributed by atoms with Crippen LogP contribution in [0.5, 0.6) is 0 Å². The number of hydrogen-bond acceptors (Lipinski definition) is 4. The normalized spacial score (nSPS) is 16.6. The van der Waals surface area contributed by atoms with Gasteiger partial charge in [-0.1, -0.05) is 18.2 Å². The number of thiophene rings is 1. The zero-order valence-corrected chi connectivity index (χ0v) is 13.5. The third-order valence-electron chi connectivity index (χ3n) is 3.67. The number of benzene rings is 1. The summed E-state index contributed by atoms with van der Waals surface area (Å²) in [4.78, 5) is 14.3. The van der Waals surface area contributed by atoms with Crippen LogP contribution < -0.4 is 0 Å². The maximum absolute atomic E-state index is 12.5. The van der Waals surface area contributed by atoms with E-state index in [1.54, 1.807) is 41.3 Å². The van der Waals surface area contributed by atoms with Gasteiger partial charge in [0, 0.05) is 31.6 Å². The van der Waals surface area contributed by atoms with E-state index in [2.05, 4.69) is 0 Å². The molecule has 0 N–H and O–H groups in total. The van der Waals surface area contributed by atoms with Crippen LogP contribution in [-0.4, -0.2) is 49.7 Å². The highest BCUT2D eigenvalue weighted by Gasteiger charge is 2.30. The molecule has 0 aliphatic carbocycles. The van der Waals surface area contributed by atoms with E-state index in [0.29, 0.717) is 36.6 Å². The molecule has 0 saturated carbocycles. The molecule has 0 spiro atoms. The zero-order chi connectivity index (χ0) is 15.6. The highest BCUT2D eigenvalue weighted by molar-refractivity contribution is 7.89. The zero-order valence-electron chi connectivity index (χ0n) is 11.9. The summed E-state index contributed by atoms with van der Waals surface area (Å²) >= 11 is 1.48. The second-order valence-corrected chi connectivity index (χ2v) is 7.74. The van der Waals surface area contributed by atoms with E-state index in [0.717, 1.165) is 0 Å². The van der Waals surface area contributed by atoms with Crippen LogP contribution in [-0.2, 0) is 10.0 Å². The average molecular weight is 336 g/mol. The molecular weight excluding hydrogens is 320 g/mol. The third kappa shape index (κ3) is 2.92. The van der Waals surface area contributed by atoms with Crippen LogP contribution in [0.25, 0.3) is 0 Å². The monoisotopic (exact) mass is 336 g/mol. The Kier molecular flexibility index (Phi) is 4.28. The lowest BCUT2D eigenvalue weighted by atomic mass is 10.2. The summed E-state index contributed by atoms with van der Waals surface area (Å²) in [5.74, 6) is -0.0296.